The monoisotopic (exact) mass is 555 g/mol. The van der Waals surface area contributed by atoms with Crippen molar-refractivity contribution in [3.63, 3.8) is 0 Å². The van der Waals surface area contributed by atoms with Crippen molar-refractivity contribution < 1.29 is 13.5 Å². The summed E-state index contributed by atoms with van der Waals surface area (Å²) in [6, 6.07) is 14.9. The van der Waals surface area contributed by atoms with Crippen LogP contribution in [0.25, 0.3) is 11.1 Å². The average molecular weight is 556 g/mol. The third-order valence-electron chi connectivity index (χ3n) is 6.96. The van der Waals surface area contributed by atoms with Gasteiger partial charge in [-0.05, 0) is 71.8 Å². The molecule has 7 nitrogen and oxygen atoms in total. The summed E-state index contributed by atoms with van der Waals surface area (Å²) in [7, 11) is -4.41. The van der Waals surface area contributed by atoms with E-state index in [0.717, 1.165) is 28.7 Å². The molecule has 0 bridgehead atoms. The Labute approximate surface area is 235 Å². The van der Waals surface area contributed by atoms with Crippen molar-refractivity contribution in [2.45, 2.75) is 62.8 Å². The summed E-state index contributed by atoms with van der Waals surface area (Å²) in [5.41, 5.74) is 3.13. The van der Waals surface area contributed by atoms with Gasteiger partial charge in [-0.15, -0.1) is 6.42 Å². The highest BCUT2D eigenvalue weighted by Gasteiger charge is 2.33. The maximum absolute atomic E-state index is 13.8. The van der Waals surface area contributed by atoms with Gasteiger partial charge >= 0.3 is 0 Å². The number of sulfone groups is 1. The van der Waals surface area contributed by atoms with Gasteiger partial charge in [0.15, 0.2) is 4.90 Å². The van der Waals surface area contributed by atoms with E-state index in [1.54, 1.807) is 30.6 Å². The highest BCUT2D eigenvalue weighted by molar-refractivity contribution is 7.91. The van der Waals surface area contributed by atoms with Crippen LogP contribution in [-0.4, -0.2) is 28.1 Å². The molecule has 0 aliphatic heterocycles. The fraction of sp³-hybridized carbons (Fsp3) is 0.281. The van der Waals surface area contributed by atoms with Gasteiger partial charge in [-0.25, -0.2) is 8.42 Å². The smallest absolute Gasteiger partial charge is 0.296 e. The van der Waals surface area contributed by atoms with E-state index in [-0.39, 0.29) is 10.8 Å². The van der Waals surface area contributed by atoms with Gasteiger partial charge in [-0.2, -0.15) is 4.98 Å². The highest BCUT2D eigenvalue weighted by Crippen LogP contribution is 2.36. The first kappa shape index (κ1) is 28.8. The zero-order valence-corrected chi connectivity index (χ0v) is 23.9. The Morgan fingerprint density at radius 1 is 1.10 bits per heavy atom. The van der Waals surface area contributed by atoms with Gasteiger partial charge in [0, 0.05) is 24.4 Å². The molecule has 0 spiro atoms. The molecular weight excluding hydrogens is 522 g/mol. The molecule has 1 unspecified atom stereocenters. The number of hydrogen-bond donors (Lipinski definition) is 1. The topological polar surface area (TPSA) is 102 Å². The van der Waals surface area contributed by atoms with Gasteiger partial charge in [-0.3, -0.25) is 14.3 Å². The van der Waals surface area contributed by atoms with Crippen LogP contribution in [0.4, 0.5) is 0 Å². The summed E-state index contributed by atoms with van der Waals surface area (Å²) in [5, 5.41) is 11.6. The van der Waals surface area contributed by atoms with E-state index in [1.165, 1.54) is 16.7 Å². The summed E-state index contributed by atoms with van der Waals surface area (Å²) in [6.07, 6.45) is 11.0. The molecule has 8 heteroatoms. The van der Waals surface area contributed by atoms with Crippen molar-refractivity contribution in [2.75, 3.05) is 0 Å². The van der Waals surface area contributed by atoms with Crippen molar-refractivity contribution in [3.8, 4) is 29.4 Å². The molecule has 2 aromatic heterocycles. The van der Waals surface area contributed by atoms with Gasteiger partial charge in [0.1, 0.15) is 5.82 Å². The molecule has 0 aliphatic rings. The van der Waals surface area contributed by atoms with E-state index in [2.05, 4.69) is 15.9 Å². The van der Waals surface area contributed by atoms with E-state index in [4.69, 9.17) is 6.42 Å². The third kappa shape index (κ3) is 5.56. The summed E-state index contributed by atoms with van der Waals surface area (Å²) in [6.45, 7) is 7.85. The predicted octanol–water partition coefficient (Wildman–Crippen LogP) is 5.72. The molecule has 1 atom stereocenters. The maximum Gasteiger partial charge on any atom is 0.296 e. The number of aromatic nitrogens is 3. The van der Waals surface area contributed by atoms with Crippen molar-refractivity contribution in [3.05, 3.63) is 99.9 Å². The maximum atomic E-state index is 13.8. The van der Waals surface area contributed by atoms with Gasteiger partial charge in [0.25, 0.3) is 5.56 Å². The lowest BCUT2D eigenvalue weighted by Gasteiger charge is -2.29. The van der Waals surface area contributed by atoms with Crippen LogP contribution in [0.2, 0.25) is 0 Å². The summed E-state index contributed by atoms with van der Waals surface area (Å²) in [4.78, 5) is 20.7. The van der Waals surface area contributed by atoms with Crippen molar-refractivity contribution in [2.24, 2.45) is 5.92 Å². The second-order valence-corrected chi connectivity index (χ2v) is 12.0. The van der Waals surface area contributed by atoms with E-state index in [9.17, 15) is 18.3 Å². The molecule has 206 valence electrons. The van der Waals surface area contributed by atoms with E-state index < -0.39 is 32.2 Å². The molecular formula is C32H33N3O4S. The standard InChI is InChI=1S/C32H33N3O4S/c1-6-8-12-28-34-31(36)30(32(37)35(28)29(21(3)4)25-11-9-10-23(7-2)19-25)40(38,39)26-15-13-24(14-16-26)27-17-18-33-20-22(27)5/h2,9-11,13-21,29,37H,6,8,12H2,1,3-5H3. The number of terminal acetylenes is 1. The van der Waals surface area contributed by atoms with Crippen molar-refractivity contribution in [1.82, 2.24) is 14.5 Å². The van der Waals surface area contributed by atoms with Gasteiger partial charge in [-0.1, -0.05) is 57.4 Å². The number of aryl methyl sites for hydroxylation is 2. The number of rotatable bonds is 9. The van der Waals surface area contributed by atoms with Crippen LogP contribution in [0.15, 0.2) is 81.6 Å². The fourth-order valence-electron chi connectivity index (χ4n) is 4.96. The van der Waals surface area contributed by atoms with E-state index in [0.29, 0.717) is 24.2 Å². The Kier molecular flexibility index (Phi) is 8.55. The number of hydrogen-bond acceptors (Lipinski definition) is 6. The lowest BCUT2D eigenvalue weighted by atomic mass is 9.94. The highest BCUT2D eigenvalue weighted by atomic mass is 32.2. The molecule has 40 heavy (non-hydrogen) atoms. The normalized spacial score (nSPS) is 12.3. The van der Waals surface area contributed by atoms with Gasteiger partial charge in [0.2, 0.25) is 15.7 Å². The quantitative estimate of drug-likeness (QED) is 0.265. The van der Waals surface area contributed by atoms with Crippen LogP contribution < -0.4 is 5.56 Å². The SMILES string of the molecule is C#Cc1cccc(C(C(C)C)n2c(CCCC)nc(=O)c(S(=O)(=O)c3ccc(-c4ccncc4C)cc3)c2O)c1. The first-order chi connectivity index (χ1) is 19.1. The second kappa shape index (κ2) is 11.9. The number of unbranched alkanes of at least 4 members (excludes halogenated alkanes) is 1. The largest absolute Gasteiger partial charge is 0.493 e. The van der Waals surface area contributed by atoms with Gasteiger partial charge in [0.05, 0.1) is 10.9 Å². The molecule has 4 aromatic rings. The van der Waals surface area contributed by atoms with Crippen LogP contribution in [0.1, 0.15) is 62.2 Å². The van der Waals surface area contributed by atoms with Crippen LogP contribution >= 0.6 is 0 Å². The molecule has 2 heterocycles. The molecule has 0 amide bonds. The Balaban J connectivity index is 1.91. The lowest BCUT2D eigenvalue weighted by molar-refractivity contribution is 0.326. The molecule has 0 fully saturated rings. The Morgan fingerprint density at radius 2 is 1.82 bits per heavy atom. The third-order valence-corrected chi connectivity index (χ3v) is 8.74. The van der Waals surface area contributed by atoms with E-state index >= 15 is 0 Å². The van der Waals surface area contributed by atoms with Crippen LogP contribution in [0, 0.1) is 25.2 Å². The van der Waals surface area contributed by atoms with Crippen LogP contribution in [0.3, 0.4) is 0 Å². The van der Waals surface area contributed by atoms with Crippen molar-refractivity contribution in [1.29, 1.82) is 0 Å². The second-order valence-electron chi connectivity index (χ2n) is 10.1. The Morgan fingerprint density at radius 3 is 2.45 bits per heavy atom. The first-order valence-electron chi connectivity index (χ1n) is 13.3. The molecule has 2 aromatic carbocycles. The predicted molar refractivity (Wildman–Crippen MR) is 156 cm³/mol. The first-order valence-corrected chi connectivity index (χ1v) is 14.8. The molecule has 0 saturated carbocycles. The number of benzene rings is 2. The Bertz CT molecular complexity index is 1730. The van der Waals surface area contributed by atoms with Gasteiger partial charge < -0.3 is 5.11 Å². The van der Waals surface area contributed by atoms with E-state index in [1.807, 2.05) is 52.0 Å². The zero-order chi connectivity index (χ0) is 29.0. The summed E-state index contributed by atoms with van der Waals surface area (Å²) in [5.74, 6) is 2.24. The molecule has 0 aliphatic carbocycles. The minimum atomic E-state index is -4.41. The molecule has 0 radical (unpaired) electrons. The zero-order valence-electron chi connectivity index (χ0n) is 23.1. The summed E-state index contributed by atoms with van der Waals surface area (Å²) < 4.78 is 29.2. The van der Waals surface area contributed by atoms with Crippen LogP contribution in [0.5, 0.6) is 5.88 Å². The fourth-order valence-corrected chi connectivity index (χ4v) is 6.31. The number of nitrogens with zero attached hydrogens (tertiary/aromatic N) is 3. The number of aromatic hydroxyl groups is 1. The molecule has 0 saturated heterocycles. The molecule has 1 N–H and O–H groups in total. The van der Waals surface area contributed by atoms with Crippen molar-refractivity contribution >= 4 is 9.84 Å². The Hall–Kier alpha value is -4.22. The molecule has 4 rings (SSSR count). The lowest BCUT2D eigenvalue weighted by Crippen LogP contribution is -2.29. The summed E-state index contributed by atoms with van der Waals surface area (Å²) >= 11 is 0. The number of pyridine rings is 1. The minimum absolute atomic E-state index is 0.0953. The average Bonchev–Trinajstić information content (AvgIpc) is 2.93. The van der Waals surface area contributed by atoms with Crippen LogP contribution in [-0.2, 0) is 16.3 Å². The minimum Gasteiger partial charge on any atom is -0.493 e.